The number of rotatable bonds is 2. The van der Waals surface area contributed by atoms with Crippen molar-refractivity contribution < 1.29 is 0 Å². The van der Waals surface area contributed by atoms with Crippen LogP contribution in [0.3, 0.4) is 0 Å². The van der Waals surface area contributed by atoms with E-state index in [0.29, 0.717) is 5.41 Å². The van der Waals surface area contributed by atoms with Gasteiger partial charge in [0, 0.05) is 0 Å². The number of hydrogen-bond acceptors (Lipinski definition) is 1. The highest BCUT2D eigenvalue weighted by molar-refractivity contribution is 4.82. The van der Waals surface area contributed by atoms with E-state index in [0.717, 1.165) is 12.5 Å². The molecule has 1 rings (SSSR count). The first-order valence-electron chi connectivity index (χ1n) is 4.90. The third-order valence-electron chi connectivity index (χ3n) is 3.24. The molecular formula is C10H21N. The lowest BCUT2D eigenvalue weighted by Gasteiger charge is -2.36. The van der Waals surface area contributed by atoms with Gasteiger partial charge in [-0.1, -0.05) is 33.1 Å². The minimum Gasteiger partial charge on any atom is -0.330 e. The van der Waals surface area contributed by atoms with Gasteiger partial charge >= 0.3 is 0 Å². The van der Waals surface area contributed by atoms with Crippen molar-refractivity contribution in [3.8, 4) is 0 Å². The van der Waals surface area contributed by atoms with Gasteiger partial charge in [-0.05, 0) is 30.7 Å². The van der Waals surface area contributed by atoms with Gasteiger partial charge in [0.25, 0.3) is 0 Å². The maximum Gasteiger partial charge on any atom is -0.00231 e. The molecule has 0 aromatic heterocycles. The van der Waals surface area contributed by atoms with Crippen molar-refractivity contribution in [1.82, 2.24) is 0 Å². The van der Waals surface area contributed by atoms with Crippen LogP contribution in [0.1, 0.15) is 46.0 Å². The monoisotopic (exact) mass is 155 g/mol. The Kier molecular flexibility index (Phi) is 2.94. The Labute approximate surface area is 70.4 Å². The van der Waals surface area contributed by atoms with Crippen molar-refractivity contribution in [2.45, 2.75) is 46.0 Å². The van der Waals surface area contributed by atoms with Crippen LogP contribution in [0.4, 0.5) is 0 Å². The predicted molar refractivity (Wildman–Crippen MR) is 49.4 cm³/mol. The van der Waals surface area contributed by atoms with E-state index in [-0.39, 0.29) is 0 Å². The average Bonchev–Trinajstić information content (AvgIpc) is 2.05. The highest BCUT2D eigenvalue weighted by atomic mass is 14.6. The van der Waals surface area contributed by atoms with Crippen LogP contribution in [0.5, 0.6) is 0 Å². The van der Waals surface area contributed by atoms with Crippen LogP contribution in [0.15, 0.2) is 0 Å². The van der Waals surface area contributed by atoms with Gasteiger partial charge < -0.3 is 5.73 Å². The van der Waals surface area contributed by atoms with E-state index in [4.69, 9.17) is 5.73 Å². The average molecular weight is 155 g/mol. The molecule has 1 aliphatic rings. The molecule has 0 aromatic carbocycles. The summed E-state index contributed by atoms with van der Waals surface area (Å²) in [6, 6.07) is 0. The van der Waals surface area contributed by atoms with Crippen molar-refractivity contribution in [3.05, 3.63) is 0 Å². The van der Waals surface area contributed by atoms with Gasteiger partial charge in [-0.2, -0.15) is 0 Å². The molecule has 1 saturated carbocycles. The molecule has 1 fully saturated rings. The zero-order valence-electron chi connectivity index (χ0n) is 7.90. The van der Waals surface area contributed by atoms with E-state index >= 15 is 0 Å². The Morgan fingerprint density at radius 2 is 2.27 bits per heavy atom. The van der Waals surface area contributed by atoms with Crippen molar-refractivity contribution in [3.63, 3.8) is 0 Å². The lowest BCUT2D eigenvalue weighted by molar-refractivity contribution is 0.164. The summed E-state index contributed by atoms with van der Waals surface area (Å²) in [5.41, 5.74) is 6.23. The lowest BCUT2D eigenvalue weighted by atomic mass is 9.70. The first kappa shape index (κ1) is 9.05. The molecule has 11 heavy (non-hydrogen) atoms. The van der Waals surface area contributed by atoms with Gasteiger partial charge in [0.05, 0.1) is 0 Å². The van der Waals surface area contributed by atoms with Crippen LogP contribution in [0.2, 0.25) is 0 Å². The van der Waals surface area contributed by atoms with Gasteiger partial charge in [0.15, 0.2) is 0 Å². The predicted octanol–water partition coefficient (Wildman–Crippen LogP) is 2.55. The van der Waals surface area contributed by atoms with Crippen LogP contribution >= 0.6 is 0 Å². The Morgan fingerprint density at radius 3 is 2.82 bits per heavy atom. The standard InChI is InChI=1S/C10H21N/c1-3-9-5-4-6-10(2,7-9)8-11/h9H,3-8,11H2,1-2H3/t9-,10+/m1/s1. The molecule has 0 amide bonds. The molecule has 0 aliphatic heterocycles. The van der Waals surface area contributed by atoms with Gasteiger partial charge in [0.2, 0.25) is 0 Å². The summed E-state index contributed by atoms with van der Waals surface area (Å²) < 4.78 is 0. The molecule has 2 atom stereocenters. The maximum atomic E-state index is 5.75. The van der Waals surface area contributed by atoms with Gasteiger partial charge in [-0.25, -0.2) is 0 Å². The second-order valence-electron chi connectivity index (χ2n) is 4.39. The highest BCUT2D eigenvalue weighted by Gasteiger charge is 2.29. The van der Waals surface area contributed by atoms with Crippen LogP contribution in [0, 0.1) is 11.3 Å². The Balaban J connectivity index is 2.44. The molecular weight excluding hydrogens is 134 g/mol. The lowest BCUT2D eigenvalue weighted by Crippen LogP contribution is -2.32. The number of hydrogen-bond donors (Lipinski definition) is 1. The van der Waals surface area contributed by atoms with E-state index in [2.05, 4.69) is 13.8 Å². The van der Waals surface area contributed by atoms with Gasteiger partial charge in [-0.3, -0.25) is 0 Å². The maximum absolute atomic E-state index is 5.75. The minimum absolute atomic E-state index is 0.471. The van der Waals surface area contributed by atoms with Crippen molar-refractivity contribution in [2.75, 3.05) is 6.54 Å². The molecule has 1 aliphatic carbocycles. The Morgan fingerprint density at radius 1 is 1.55 bits per heavy atom. The van der Waals surface area contributed by atoms with Crippen molar-refractivity contribution in [1.29, 1.82) is 0 Å². The normalized spacial score (nSPS) is 39.0. The smallest absolute Gasteiger partial charge is 0.00231 e. The molecule has 0 heterocycles. The largest absolute Gasteiger partial charge is 0.330 e. The topological polar surface area (TPSA) is 26.0 Å². The molecule has 0 aromatic rings. The minimum atomic E-state index is 0.471. The first-order chi connectivity index (χ1) is 5.20. The third-order valence-corrected chi connectivity index (χ3v) is 3.24. The molecule has 0 bridgehead atoms. The third kappa shape index (κ3) is 2.19. The molecule has 2 N–H and O–H groups in total. The fraction of sp³-hybridized carbons (Fsp3) is 1.00. The summed E-state index contributed by atoms with van der Waals surface area (Å²) in [4.78, 5) is 0. The van der Waals surface area contributed by atoms with Crippen LogP contribution in [0.25, 0.3) is 0 Å². The first-order valence-corrected chi connectivity index (χ1v) is 4.90. The van der Waals surface area contributed by atoms with E-state index in [1.807, 2.05) is 0 Å². The zero-order valence-corrected chi connectivity index (χ0v) is 7.90. The molecule has 0 unspecified atom stereocenters. The second kappa shape index (κ2) is 3.57. The summed E-state index contributed by atoms with van der Waals surface area (Å²) in [6.45, 7) is 5.52. The van der Waals surface area contributed by atoms with Gasteiger partial charge in [0.1, 0.15) is 0 Å². The molecule has 0 radical (unpaired) electrons. The van der Waals surface area contributed by atoms with Crippen LogP contribution in [-0.2, 0) is 0 Å². The fourth-order valence-corrected chi connectivity index (χ4v) is 2.25. The molecule has 0 spiro atoms. The number of nitrogens with two attached hydrogens (primary N) is 1. The van der Waals surface area contributed by atoms with Crippen LogP contribution in [-0.4, -0.2) is 6.54 Å². The quantitative estimate of drug-likeness (QED) is 0.651. The molecule has 66 valence electrons. The summed E-state index contributed by atoms with van der Waals surface area (Å²) in [5.74, 6) is 0.956. The SMILES string of the molecule is CC[C@@H]1CCC[C@](C)(CN)C1. The summed E-state index contributed by atoms with van der Waals surface area (Å²) in [5, 5.41) is 0. The van der Waals surface area contributed by atoms with Crippen molar-refractivity contribution >= 4 is 0 Å². The van der Waals surface area contributed by atoms with Crippen molar-refractivity contribution in [2.24, 2.45) is 17.1 Å². The Bertz CT molecular complexity index is 122. The van der Waals surface area contributed by atoms with E-state index < -0.39 is 0 Å². The van der Waals surface area contributed by atoms with E-state index in [1.165, 1.54) is 32.1 Å². The Hall–Kier alpha value is -0.0400. The van der Waals surface area contributed by atoms with E-state index in [9.17, 15) is 0 Å². The summed E-state index contributed by atoms with van der Waals surface area (Å²) >= 11 is 0. The molecule has 1 heteroatoms. The summed E-state index contributed by atoms with van der Waals surface area (Å²) in [6.07, 6.45) is 6.88. The highest BCUT2D eigenvalue weighted by Crippen LogP contribution is 2.39. The summed E-state index contributed by atoms with van der Waals surface area (Å²) in [7, 11) is 0. The van der Waals surface area contributed by atoms with E-state index in [1.54, 1.807) is 0 Å². The van der Waals surface area contributed by atoms with Crippen LogP contribution < -0.4 is 5.73 Å². The molecule has 1 nitrogen and oxygen atoms in total. The zero-order chi connectivity index (χ0) is 8.32. The molecule has 0 saturated heterocycles. The van der Waals surface area contributed by atoms with Gasteiger partial charge in [-0.15, -0.1) is 0 Å². The second-order valence-corrected chi connectivity index (χ2v) is 4.39. The fourth-order valence-electron chi connectivity index (χ4n) is 2.25.